The Bertz CT molecular complexity index is 415. The van der Waals surface area contributed by atoms with Crippen LogP contribution in [0.25, 0.3) is 0 Å². The van der Waals surface area contributed by atoms with Gasteiger partial charge in [0, 0.05) is 6.42 Å². The van der Waals surface area contributed by atoms with Crippen molar-refractivity contribution in [3.05, 3.63) is 33.8 Å². The lowest BCUT2D eigenvalue weighted by atomic mass is 10.0. The van der Waals surface area contributed by atoms with E-state index in [1.54, 1.807) is 0 Å². The first-order chi connectivity index (χ1) is 7.65. The number of benzene rings is 1. The summed E-state index contributed by atoms with van der Waals surface area (Å²) in [5.41, 5.74) is 6.85. The topological polar surface area (TPSA) is 38.4 Å². The highest BCUT2D eigenvalue weighted by atomic mass is 35.5. The molecule has 2 N–H and O–H groups in total. The SMILES string of the molecule is NC1=N[C@@H](CCc2ccc(Cl)c(Cl)c2)CC1. The summed E-state index contributed by atoms with van der Waals surface area (Å²) in [6.07, 6.45) is 4.01. The summed E-state index contributed by atoms with van der Waals surface area (Å²) in [4.78, 5) is 4.38. The predicted octanol–water partition coefficient (Wildman–Crippen LogP) is 3.45. The van der Waals surface area contributed by atoms with E-state index in [9.17, 15) is 0 Å². The number of rotatable bonds is 3. The molecular weight excluding hydrogens is 243 g/mol. The number of hydrogen-bond donors (Lipinski definition) is 1. The van der Waals surface area contributed by atoms with E-state index in [4.69, 9.17) is 28.9 Å². The molecule has 1 atom stereocenters. The minimum absolute atomic E-state index is 0.384. The summed E-state index contributed by atoms with van der Waals surface area (Å²) in [6, 6.07) is 6.16. The molecule has 16 heavy (non-hydrogen) atoms. The summed E-state index contributed by atoms with van der Waals surface area (Å²) >= 11 is 11.8. The average Bonchev–Trinajstić information content (AvgIpc) is 2.66. The standard InChI is InChI=1S/C12H14Cl2N2/c13-10-5-2-8(7-11(10)14)1-3-9-4-6-12(15)16-9/h2,5,7,9H,1,3-4,6H2,(H2,15,16)/t9-/m0/s1. The van der Waals surface area contributed by atoms with E-state index in [0.29, 0.717) is 16.1 Å². The second-order valence-corrected chi connectivity index (χ2v) is 4.91. The van der Waals surface area contributed by atoms with Gasteiger partial charge >= 0.3 is 0 Å². The third-order valence-corrected chi connectivity index (χ3v) is 3.57. The van der Waals surface area contributed by atoms with E-state index in [1.165, 1.54) is 5.56 Å². The third kappa shape index (κ3) is 2.89. The number of aliphatic imine (C=N–C) groups is 1. The minimum Gasteiger partial charge on any atom is -0.387 e. The fourth-order valence-electron chi connectivity index (χ4n) is 1.92. The molecule has 86 valence electrons. The Hall–Kier alpha value is -0.730. The van der Waals surface area contributed by atoms with Crippen LogP contribution in [0.1, 0.15) is 24.8 Å². The molecule has 1 aliphatic rings. The van der Waals surface area contributed by atoms with Crippen LogP contribution in [-0.2, 0) is 6.42 Å². The van der Waals surface area contributed by atoms with Crippen molar-refractivity contribution >= 4 is 29.0 Å². The molecule has 0 aromatic heterocycles. The lowest BCUT2D eigenvalue weighted by Gasteiger charge is -2.07. The van der Waals surface area contributed by atoms with Gasteiger partial charge in [-0.3, -0.25) is 4.99 Å². The van der Waals surface area contributed by atoms with Crippen molar-refractivity contribution in [2.45, 2.75) is 31.7 Å². The van der Waals surface area contributed by atoms with Gasteiger partial charge < -0.3 is 5.73 Å². The van der Waals surface area contributed by atoms with Gasteiger partial charge in [0.2, 0.25) is 0 Å². The first kappa shape index (κ1) is 11.7. The Kier molecular flexibility index (Phi) is 3.72. The first-order valence-electron chi connectivity index (χ1n) is 5.41. The summed E-state index contributed by atoms with van der Waals surface area (Å²) in [5, 5.41) is 1.22. The van der Waals surface area contributed by atoms with Gasteiger partial charge in [-0.1, -0.05) is 29.3 Å². The lowest BCUT2D eigenvalue weighted by molar-refractivity contribution is 0.614. The highest BCUT2D eigenvalue weighted by Gasteiger charge is 2.14. The lowest BCUT2D eigenvalue weighted by Crippen LogP contribution is -2.06. The first-order valence-corrected chi connectivity index (χ1v) is 6.17. The summed E-state index contributed by atoms with van der Waals surface area (Å²) in [7, 11) is 0. The molecule has 4 heteroatoms. The smallest absolute Gasteiger partial charge is 0.0941 e. The maximum atomic E-state index is 5.95. The minimum atomic E-state index is 0.384. The van der Waals surface area contributed by atoms with Gasteiger partial charge in [0.1, 0.15) is 0 Å². The number of hydrogen-bond acceptors (Lipinski definition) is 2. The van der Waals surface area contributed by atoms with Crippen LogP contribution in [-0.4, -0.2) is 11.9 Å². The van der Waals surface area contributed by atoms with E-state index < -0.39 is 0 Å². The highest BCUT2D eigenvalue weighted by molar-refractivity contribution is 6.42. The van der Waals surface area contributed by atoms with Crippen LogP contribution in [0.3, 0.4) is 0 Å². The molecule has 0 saturated carbocycles. The zero-order valence-corrected chi connectivity index (χ0v) is 10.4. The fourth-order valence-corrected chi connectivity index (χ4v) is 2.24. The van der Waals surface area contributed by atoms with Gasteiger partial charge in [-0.25, -0.2) is 0 Å². The molecule has 0 fully saturated rings. The van der Waals surface area contributed by atoms with E-state index in [0.717, 1.165) is 31.5 Å². The molecule has 0 unspecified atom stereocenters. The quantitative estimate of drug-likeness (QED) is 0.884. The van der Waals surface area contributed by atoms with Crippen molar-refractivity contribution in [3.63, 3.8) is 0 Å². The Morgan fingerprint density at radius 3 is 2.75 bits per heavy atom. The molecule has 0 amide bonds. The highest BCUT2D eigenvalue weighted by Crippen LogP contribution is 2.24. The van der Waals surface area contributed by atoms with E-state index in [-0.39, 0.29) is 0 Å². The van der Waals surface area contributed by atoms with Crippen molar-refractivity contribution in [1.82, 2.24) is 0 Å². The molecule has 0 spiro atoms. The zero-order chi connectivity index (χ0) is 11.5. The second-order valence-electron chi connectivity index (χ2n) is 4.10. The molecule has 0 radical (unpaired) electrons. The van der Waals surface area contributed by atoms with Crippen LogP contribution in [0.5, 0.6) is 0 Å². The second kappa shape index (κ2) is 5.07. The van der Waals surface area contributed by atoms with Crippen LogP contribution in [0.2, 0.25) is 10.0 Å². The molecular formula is C12H14Cl2N2. The molecule has 2 nitrogen and oxygen atoms in total. The van der Waals surface area contributed by atoms with Crippen LogP contribution >= 0.6 is 23.2 Å². The van der Waals surface area contributed by atoms with Gasteiger partial charge in [-0.05, 0) is 37.0 Å². The molecule has 0 aliphatic carbocycles. The van der Waals surface area contributed by atoms with Gasteiger partial charge in [0.25, 0.3) is 0 Å². The average molecular weight is 257 g/mol. The van der Waals surface area contributed by atoms with E-state index >= 15 is 0 Å². The maximum absolute atomic E-state index is 5.95. The number of nitrogens with zero attached hydrogens (tertiary/aromatic N) is 1. The molecule has 1 aromatic carbocycles. The third-order valence-electron chi connectivity index (χ3n) is 2.83. The Morgan fingerprint density at radius 2 is 2.12 bits per heavy atom. The number of nitrogens with two attached hydrogens (primary N) is 1. The monoisotopic (exact) mass is 256 g/mol. The van der Waals surface area contributed by atoms with Crippen molar-refractivity contribution in [3.8, 4) is 0 Å². The molecule has 0 bridgehead atoms. The molecule has 1 aliphatic heterocycles. The Morgan fingerprint density at radius 1 is 1.31 bits per heavy atom. The number of amidine groups is 1. The van der Waals surface area contributed by atoms with Gasteiger partial charge in [-0.2, -0.15) is 0 Å². The predicted molar refractivity (Wildman–Crippen MR) is 69.4 cm³/mol. The van der Waals surface area contributed by atoms with Crippen LogP contribution in [0, 0.1) is 0 Å². The largest absolute Gasteiger partial charge is 0.387 e. The number of halogens is 2. The number of aryl methyl sites for hydroxylation is 1. The van der Waals surface area contributed by atoms with Gasteiger partial charge in [0.05, 0.1) is 21.9 Å². The van der Waals surface area contributed by atoms with Crippen molar-refractivity contribution in [2.24, 2.45) is 10.7 Å². The maximum Gasteiger partial charge on any atom is 0.0941 e. The summed E-state index contributed by atoms with van der Waals surface area (Å²) in [6.45, 7) is 0. The Labute approximate surface area is 105 Å². The summed E-state index contributed by atoms with van der Waals surface area (Å²) in [5.74, 6) is 0.791. The zero-order valence-electron chi connectivity index (χ0n) is 8.92. The van der Waals surface area contributed by atoms with Gasteiger partial charge in [0.15, 0.2) is 0 Å². The van der Waals surface area contributed by atoms with E-state index in [1.807, 2.05) is 18.2 Å². The van der Waals surface area contributed by atoms with Gasteiger partial charge in [-0.15, -0.1) is 0 Å². The van der Waals surface area contributed by atoms with Crippen molar-refractivity contribution in [1.29, 1.82) is 0 Å². The molecule has 2 rings (SSSR count). The van der Waals surface area contributed by atoms with Crippen LogP contribution in [0.15, 0.2) is 23.2 Å². The molecule has 1 aromatic rings. The fraction of sp³-hybridized carbons (Fsp3) is 0.417. The van der Waals surface area contributed by atoms with Crippen LogP contribution in [0.4, 0.5) is 0 Å². The van der Waals surface area contributed by atoms with Crippen LogP contribution < -0.4 is 5.73 Å². The summed E-state index contributed by atoms with van der Waals surface area (Å²) < 4.78 is 0. The Balaban J connectivity index is 1.92. The van der Waals surface area contributed by atoms with Crippen molar-refractivity contribution in [2.75, 3.05) is 0 Å². The van der Waals surface area contributed by atoms with Crippen molar-refractivity contribution < 1.29 is 0 Å². The molecule has 0 saturated heterocycles. The normalized spacial score (nSPS) is 19.9. The molecule has 1 heterocycles. The van der Waals surface area contributed by atoms with E-state index in [2.05, 4.69) is 4.99 Å².